The molecule has 4 nitrogen and oxygen atoms in total. The molecule has 0 bridgehead atoms. The molecule has 0 aromatic carbocycles. The second kappa shape index (κ2) is 4.49. The number of carbonyl (C=O) groups excluding carboxylic acids is 1. The van der Waals surface area contributed by atoms with E-state index in [9.17, 15) is 4.79 Å². The normalized spacial score (nSPS) is 22.8. The quantitative estimate of drug-likeness (QED) is 0.805. The van der Waals surface area contributed by atoms with Crippen molar-refractivity contribution in [2.45, 2.75) is 19.4 Å². The molecule has 2 rings (SSSR count). The van der Waals surface area contributed by atoms with Crippen molar-refractivity contribution in [1.82, 2.24) is 4.90 Å². The van der Waals surface area contributed by atoms with Gasteiger partial charge in [0, 0.05) is 6.54 Å². The first-order chi connectivity index (χ1) is 7.25. The molecule has 2 N–H and O–H groups in total. The molecule has 82 valence electrons. The minimum absolute atomic E-state index is 0.00807. The first-order valence-corrected chi connectivity index (χ1v) is 5.30. The fourth-order valence-electron chi connectivity index (χ4n) is 2.05. The van der Waals surface area contributed by atoms with Crippen LogP contribution in [0.3, 0.4) is 0 Å². The van der Waals surface area contributed by atoms with E-state index in [0.717, 1.165) is 38.2 Å². The highest BCUT2D eigenvalue weighted by Gasteiger charge is 2.24. The third-order valence-corrected chi connectivity index (χ3v) is 2.87. The summed E-state index contributed by atoms with van der Waals surface area (Å²) >= 11 is 0. The fourth-order valence-corrected chi connectivity index (χ4v) is 2.05. The van der Waals surface area contributed by atoms with Crippen molar-refractivity contribution in [3.05, 3.63) is 24.2 Å². The minimum atomic E-state index is -0.181. The lowest BCUT2D eigenvalue weighted by Gasteiger charge is -2.30. The molecule has 0 radical (unpaired) electrons. The fraction of sp³-hybridized carbons (Fsp3) is 0.545. The maximum absolute atomic E-state index is 11.1. The first-order valence-electron chi connectivity index (χ1n) is 5.30. The van der Waals surface area contributed by atoms with Crippen molar-refractivity contribution in [3.8, 4) is 0 Å². The molecule has 15 heavy (non-hydrogen) atoms. The topological polar surface area (TPSA) is 59.5 Å². The summed E-state index contributed by atoms with van der Waals surface area (Å²) in [6.45, 7) is 2.55. The number of hydrogen-bond donors (Lipinski definition) is 1. The number of rotatable bonds is 3. The predicted molar refractivity (Wildman–Crippen MR) is 55.9 cm³/mol. The zero-order chi connectivity index (χ0) is 10.7. The van der Waals surface area contributed by atoms with Crippen molar-refractivity contribution in [3.63, 3.8) is 0 Å². The molecular formula is C11H16N2O2. The average Bonchev–Trinajstić information content (AvgIpc) is 2.71. The number of carbonyl (C=O) groups is 1. The monoisotopic (exact) mass is 208 g/mol. The van der Waals surface area contributed by atoms with Gasteiger partial charge in [0.05, 0.1) is 18.7 Å². The van der Waals surface area contributed by atoms with Crippen molar-refractivity contribution in [1.29, 1.82) is 0 Å². The molecule has 1 aliphatic heterocycles. The molecule has 2 heterocycles. The van der Waals surface area contributed by atoms with Gasteiger partial charge in [-0.2, -0.15) is 0 Å². The number of likely N-dealkylation sites (tertiary alicyclic amines) is 1. The van der Waals surface area contributed by atoms with E-state index < -0.39 is 0 Å². The molecule has 1 aromatic rings. The number of amides is 1. The molecule has 1 saturated heterocycles. The molecule has 4 heteroatoms. The Morgan fingerprint density at radius 3 is 3.20 bits per heavy atom. The first kappa shape index (κ1) is 10.2. The van der Waals surface area contributed by atoms with Crippen molar-refractivity contribution in [2.24, 2.45) is 11.7 Å². The molecule has 1 aliphatic rings. The van der Waals surface area contributed by atoms with Crippen LogP contribution in [0.4, 0.5) is 0 Å². The molecule has 0 saturated carbocycles. The summed E-state index contributed by atoms with van der Waals surface area (Å²) in [5.41, 5.74) is 5.31. The Morgan fingerprint density at radius 2 is 2.53 bits per heavy atom. The van der Waals surface area contributed by atoms with Crippen LogP contribution in [0.5, 0.6) is 0 Å². The van der Waals surface area contributed by atoms with Gasteiger partial charge in [0.15, 0.2) is 0 Å². The average molecular weight is 208 g/mol. The number of piperidine rings is 1. The third kappa shape index (κ3) is 2.59. The Hall–Kier alpha value is -1.29. The van der Waals surface area contributed by atoms with Gasteiger partial charge in [-0.25, -0.2) is 0 Å². The van der Waals surface area contributed by atoms with Crippen molar-refractivity contribution >= 4 is 5.91 Å². The predicted octanol–water partition coefficient (Wildman–Crippen LogP) is 0.977. The molecule has 1 atom stereocenters. The van der Waals surface area contributed by atoms with Gasteiger partial charge in [-0.05, 0) is 31.5 Å². The second-order valence-electron chi connectivity index (χ2n) is 4.06. The van der Waals surface area contributed by atoms with Crippen LogP contribution in [0.15, 0.2) is 22.8 Å². The number of hydrogen-bond acceptors (Lipinski definition) is 3. The highest BCUT2D eigenvalue weighted by atomic mass is 16.3. The lowest BCUT2D eigenvalue weighted by Crippen LogP contribution is -2.40. The van der Waals surface area contributed by atoms with Crippen molar-refractivity contribution < 1.29 is 9.21 Å². The summed E-state index contributed by atoms with van der Waals surface area (Å²) in [6, 6.07) is 3.83. The van der Waals surface area contributed by atoms with E-state index in [2.05, 4.69) is 4.90 Å². The Kier molecular flexibility index (Phi) is 3.06. The van der Waals surface area contributed by atoms with Gasteiger partial charge in [0.1, 0.15) is 5.76 Å². The lowest BCUT2D eigenvalue weighted by molar-refractivity contribution is -0.123. The van der Waals surface area contributed by atoms with Crippen LogP contribution < -0.4 is 5.73 Å². The van der Waals surface area contributed by atoms with Crippen molar-refractivity contribution in [2.75, 3.05) is 13.1 Å². The van der Waals surface area contributed by atoms with E-state index in [-0.39, 0.29) is 11.8 Å². The van der Waals surface area contributed by atoms with E-state index in [4.69, 9.17) is 10.2 Å². The van der Waals surface area contributed by atoms with E-state index >= 15 is 0 Å². The SMILES string of the molecule is NC(=O)[C@@H]1CCCN(Cc2ccco2)C1. The van der Waals surface area contributed by atoms with Gasteiger partial charge < -0.3 is 10.2 Å². The number of nitrogens with zero attached hydrogens (tertiary/aromatic N) is 1. The molecule has 1 fully saturated rings. The summed E-state index contributed by atoms with van der Waals surface area (Å²) in [6.07, 6.45) is 3.63. The largest absolute Gasteiger partial charge is 0.468 e. The van der Waals surface area contributed by atoms with Crippen LogP contribution in [0.2, 0.25) is 0 Å². The Morgan fingerprint density at radius 1 is 1.67 bits per heavy atom. The zero-order valence-electron chi connectivity index (χ0n) is 8.69. The molecule has 0 aliphatic carbocycles. The van der Waals surface area contributed by atoms with E-state index in [1.54, 1.807) is 6.26 Å². The molecular weight excluding hydrogens is 192 g/mol. The number of nitrogens with two attached hydrogens (primary N) is 1. The van der Waals surface area contributed by atoms with Gasteiger partial charge in [-0.15, -0.1) is 0 Å². The van der Waals surface area contributed by atoms with E-state index in [1.807, 2.05) is 12.1 Å². The standard InChI is InChI=1S/C11H16N2O2/c12-11(14)9-3-1-5-13(7-9)8-10-4-2-6-15-10/h2,4,6,9H,1,3,5,7-8H2,(H2,12,14)/t9-/m1/s1. The van der Waals surface area contributed by atoms with E-state index in [1.165, 1.54) is 0 Å². The molecule has 1 amide bonds. The maximum atomic E-state index is 11.1. The summed E-state index contributed by atoms with van der Waals surface area (Å²) in [7, 11) is 0. The minimum Gasteiger partial charge on any atom is -0.468 e. The molecule has 0 spiro atoms. The highest BCUT2D eigenvalue weighted by Crippen LogP contribution is 2.18. The Bertz CT molecular complexity index is 321. The van der Waals surface area contributed by atoms with Crippen LogP contribution in [0.1, 0.15) is 18.6 Å². The van der Waals surface area contributed by atoms with Crippen LogP contribution in [0.25, 0.3) is 0 Å². The van der Waals surface area contributed by atoms with Crippen LogP contribution in [0, 0.1) is 5.92 Å². The molecule has 0 unspecified atom stereocenters. The van der Waals surface area contributed by atoms with E-state index in [0.29, 0.717) is 0 Å². The number of furan rings is 1. The summed E-state index contributed by atoms with van der Waals surface area (Å²) in [5, 5.41) is 0. The summed E-state index contributed by atoms with van der Waals surface area (Å²) in [5.74, 6) is 0.771. The smallest absolute Gasteiger partial charge is 0.221 e. The van der Waals surface area contributed by atoms with Gasteiger partial charge in [-0.3, -0.25) is 9.69 Å². The molecule has 1 aromatic heterocycles. The highest BCUT2D eigenvalue weighted by molar-refractivity contribution is 5.76. The van der Waals surface area contributed by atoms with Crippen LogP contribution in [-0.4, -0.2) is 23.9 Å². The van der Waals surface area contributed by atoms with Gasteiger partial charge in [-0.1, -0.05) is 0 Å². The third-order valence-electron chi connectivity index (χ3n) is 2.87. The Balaban J connectivity index is 1.90. The zero-order valence-corrected chi connectivity index (χ0v) is 8.69. The lowest BCUT2D eigenvalue weighted by atomic mass is 9.97. The Labute approximate surface area is 89.0 Å². The van der Waals surface area contributed by atoms with Gasteiger partial charge >= 0.3 is 0 Å². The van der Waals surface area contributed by atoms with Gasteiger partial charge in [0.2, 0.25) is 5.91 Å². The van der Waals surface area contributed by atoms with Gasteiger partial charge in [0.25, 0.3) is 0 Å². The maximum Gasteiger partial charge on any atom is 0.221 e. The summed E-state index contributed by atoms with van der Waals surface area (Å²) in [4.78, 5) is 13.3. The second-order valence-corrected chi connectivity index (χ2v) is 4.06. The van der Waals surface area contributed by atoms with Crippen LogP contribution >= 0.6 is 0 Å². The van der Waals surface area contributed by atoms with Crippen LogP contribution in [-0.2, 0) is 11.3 Å². The summed E-state index contributed by atoms with van der Waals surface area (Å²) < 4.78 is 5.27. The number of primary amides is 1.